The molecule has 1 aliphatic carbocycles. The molecule has 3 rings (SSSR count). The number of fused-ring (bicyclic) bond motifs is 1. The Balaban J connectivity index is 2.02. The predicted molar refractivity (Wildman–Crippen MR) is 90.5 cm³/mol. The van der Waals surface area contributed by atoms with Gasteiger partial charge in [-0.1, -0.05) is 28.8 Å². The van der Waals surface area contributed by atoms with Crippen molar-refractivity contribution in [3.05, 3.63) is 28.9 Å². The van der Waals surface area contributed by atoms with Crippen LogP contribution in [0.4, 0.5) is 11.4 Å². The van der Waals surface area contributed by atoms with Gasteiger partial charge in [0.1, 0.15) is 0 Å². The maximum atomic E-state index is 10.6. The summed E-state index contributed by atoms with van der Waals surface area (Å²) in [5.74, 6) is 0. The number of pyridine rings is 1. The Kier molecular flexibility index (Phi) is 3.80. The number of benzene rings is 1. The molecule has 21 heavy (non-hydrogen) atoms. The van der Waals surface area contributed by atoms with Crippen LogP contribution in [-0.4, -0.2) is 29.3 Å². The lowest BCUT2D eigenvalue weighted by Crippen LogP contribution is -2.39. The minimum Gasteiger partial charge on any atom is -0.396 e. The van der Waals surface area contributed by atoms with Crippen LogP contribution < -0.4 is 10.6 Å². The van der Waals surface area contributed by atoms with Crippen molar-refractivity contribution in [2.24, 2.45) is 0 Å². The number of aliphatic hydroxyl groups is 1. The lowest BCUT2D eigenvalue weighted by Gasteiger charge is -2.31. The molecule has 3 N–H and O–H groups in total. The van der Waals surface area contributed by atoms with Gasteiger partial charge in [0.25, 0.3) is 0 Å². The quantitative estimate of drug-likeness (QED) is 0.892. The van der Waals surface area contributed by atoms with E-state index in [1.54, 1.807) is 6.20 Å². The second-order valence-electron chi connectivity index (χ2n) is 6.01. The first-order valence-electron chi connectivity index (χ1n) is 7.26. The number of likely N-dealkylation sites (N-methyl/N-ethyl adjacent to an activating group) is 1. The molecule has 0 saturated heterocycles. The van der Waals surface area contributed by atoms with Crippen molar-refractivity contribution in [2.75, 3.05) is 24.2 Å². The van der Waals surface area contributed by atoms with Crippen LogP contribution in [0, 0.1) is 0 Å². The number of aromatic nitrogens is 1. The molecule has 1 aromatic heterocycles. The molecule has 0 unspecified atom stereocenters. The van der Waals surface area contributed by atoms with E-state index >= 15 is 0 Å². The SMILES string of the molecule is CN(CC1(O)CCCC1)c1c(N)cnc2ccc(Br)cc12. The summed E-state index contributed by atoms with van der Waals surface area (Å²) in [5.41, 5.74) is 8.06. The van der Waals surface area contributed by atoms with E-state index in [4.69, 9.17) is 5.73 Å². The van der Waals surface area contributed by atoms with Crippen LogP contribution in [0.2, 0.25) is 0 Å². The summed E-state index contributed by atoms with van der Waals surface area (Å²) in [7, 11) is 1.99. The third-order valence-electron chi connectivity index (χ3n) is 4.28. The van der Waals surface area contributed by atoms with Crippen molar-refractivity contribution in [1.29, 1.82) is 0 Å². The van der Waals surface area contributed by atoms with Gasteiger partial charge in [0.15, 0.2) is 0 Å². The molecule has 4 nitrogen and oxygen atoms in total. The number of nitrogen functional groups attached to an aromatic ring is 1. The van der Waals surface area contributed by atoms with E-state index in [1.807, 2.05) is 25.2 Å². The summed E-state index contributed by atoms with van der Waals surface area (Å²) in [4.78, 5) is 6.45. The van der Waals surface area contributed by atoms with Crippen LogP contribution in [0.25, 0.3) is 10.9 Å². The number of hydrogen-bond acceptors (Lipinski definition) is 4. The maximum Gasteiger partial charge on any atom is 0.0821 e. The number of nitrogens with zero attached hydrogens (tertiary/aromatic N) is 2. The van der Waals surface area contributed by atoms with Gasteiger partial charge >= 0.3 is 0 Å². The predicted octanol–water partition coefficient (Wildman–Crippen LogP) is 3.32. The molecule has 0 spiro atoms. The van der Waals surface area contributed by atoms with E-state index in [1.165, 1.54) is 0 Å². The molecule has 1 aliphatic rings. The van der Waals surface area contributed by atoms with Gasteiger partial charge in [-0.3, -0.25) is 4.98 Å². The van der Waals surface area contributed by atoms with Gasteiger partial charge < -0.3 is 15.7 Å². The zero-order chi connectivity index (χ0) is 15.0. The number of anilines is 2. The van der Waals surface area contributed by atoms with Gasteiger partial charge in [0, 0.05) is 23.5 Å². The van der Waals surface area contributed by atoms with Crippen molar-refractivity contribution in [3.63, 3.8) is 0 Å². The summed E-state index contributed by atoms with van der Waals surface area (Å²) in [6.45, 7) is 0.600. The summed E-state index contributed by atoms with van der Waals surface area (Å²) < 4.78 is 0.997. The average molecular weight is 350 g/mol. The van der Waals surface area contributed by atoms with E-state index in [9.17, 15) is 5.11 Å². The molecular formula is C16H20BrN3O. The standard InChI is InChI=1S/C16H20BrN3O/c1-20(10-16(21)6-2-3-7-16)15-12-8-11(17)4-5-14(12)19-9-13(15)18/h4-5,8-9,21H,2-3,6-7,10,18H2,1H3. The number of halogens is 1. The Morgan fingerprint density at radius 1 is 1.38 bits per heavy atom. The smallest absolute Gasteiger partial charge is 0.0821 e. The van der Waals surface area contributed by atoms with Crippen LogP contribution in [0.3, 0.4) is 0 Å². The third-order valence-corrected chi connectivity index (χ3v) is 4.77. The van der Waals surface area contributed by atoms with Crippen molar-refractivity contribution in [2.45, 2.75) is 31.3 Å². The Morgan fingerprint density at radius 3 is 2.81 bits per heavy atom. The van der Waals surface area contributed by atoms with Gasteiger partial charge in [-0.05, 0) is 31.0 Å². The fourth-order valence-corrected chi connectivity index (χ4v) is 3.67. The van der Waals surface area contributed by atoms with Crippen molar-refractivity contribution in [3.8, 4) is 0 Å². The highest BCUT2D eigenvalue weighted by Crippen LogP contribution is 2.36. The second kappa shape index (κ2) is 5.46. The topological polar surface area (TPSA) is 62.4 Å². The zero-order valence-electron chi connectivity index (χ0n) is 12.1. The van der Waals surface area contributed by atoms with Gasteiger partial charge in [0.05, 0.1) is 28.7 Å². The molecule has 1 fully saturated rings. The van der Waals surface area contributed by atoms with Crippen molar-refractivity contribution in [1.82, 2.24) is 4.98 Å². The molecule has 1 heterocycles. The van der Waals surface area contributed by atoms with E-state index in [0.717, 1.165) is 46.7 Å². The van der Waals surface area contributed by atoms with E-state index < -0.39 is 5.60 Å². The first-order chi connectivity index (χ1) is 9.98. The average Bonchev–Trinajstić information content (AvgIpc) is 2.84. The molecule has 0 amide bonds. The molecule has 2 aromatic rings. The Hall–Kier alpha value is -1.33. The molecular weight excluding hydrogens is 330 g/mol. The van der Waals surface area contributed by atoms with E-state index in [0.29, 0.717) is 12.2 Å². The Labute approximate surface area is 133 Å². The molecule has 112 valence electrons. The second-order valence-corrected chi connectivity index (χ2v) is 6.93. The molecule has 0 atom stereocenters. The van der Waals surface area contributed by atoms with Crippen LogP contribution in [0.5, 0.6) is 0 Å². The zero-order valence-corrected chi connectivity index (χ0v) is 13.7. The Morgan fingerprint density at radius 2 is 2.10 bits per heavy atom. The first-order valence-corrected chi connectivity index (χ1v) is 8.05. The lowest BCUT2D eigenvalue weighted by atomic mass is 10.0. The van der Waals surface area contributed by atoms with Gasteiger partial charge in [-0.15, -0.1) is 0 Å². The normalized spacial score (nSPS) is 17.3. The summed E-state index contributed by atoms with van der Waals surface area (Å²) in [5, 5.41) is 11.6. The number of hydrogen-bond donors (Lipinski definition) is 2. The van der Waals surface area contributed by atoms with Crippen LogP contribution in [0.1, 0.15) is 25.7 Å². The fourth-order valence-electron chi connectivity index (χ4n) is 3.30. The largest absolute Gasteiger partial charge is 0.396 e. The number of nitrogens with two attached hydrogens (primary N) is 1. The highest BCUT2D eigenvalue weighted by molar-refractivity contribution is 9.10. The van der Waals surface area contributed by atoms with Crippen molar-refractivity contribution < 1.29 is 5.11 Å². The van der Waals surface area contributed by atoms with Crippen LogP contribution >= 0.6 is 15.9 Å². The monoisotopic (exact) mass is 349 g/mol. The fraction of sp³-hybridized carbons (Fsp3) is 0.438. The summed E-state index contributed by atoms with van der Waals surface area (Å²) in [6, 6.07) is 5.98. The summed E-state index contributed by atoms with van der Waals surface area (Å²) >= 11 is 3.50. The highest BCUT2D eigenvalue weighted by atomic mass is 79.9. The van der Waals surface area contributed by atoms with E-state index in [-0.39, 0.29) is 0 Å². The van der Waals surface area contributed by atoms with Crippen LogP contribution in [-0.2, 0) is 0 Å². The minimum atomic E-state index is -0.594. The van der Waals surface area contributed by atoms with Gasteiger partial charge in [0.2, 0.25) is 0 Å². The minimum absolute atomic E-state index is 0.594. The molecule has 0 radical (unpaired) electrons. The molecule has 0 bridgehead atoms. The number of rotatable bonds is 3. The summed E-state index contributed by atoms with van der Waals surface area (Å²) in [6.07, 6.45) is 5.62. The Bertz CT molecular complexity index is 663. The van der Waals surface area contributed by atoms with Crippen molar-refractivity contribution >= 4 is 38.2 Å². The first kappa shape index (κ1) is 14.6. The van der Waals surface area contributed by atoms with Gasteiger partial charge in [-0.25, -0.2) is 0 Å². The molecule has 0 aliphatic heterocycles. The lowest BCUT2D eigenvalue weighted by molar-refractivity contribution is 0.0560. The van der Waals surface area contributed by atoms with Crippen LogP contribution in [0.15, 0.2) is 28.9 Å². The highest BCUT2D eigenvalue weighted by Gasteiger charge is 2.33. The molecule has 1 saturated carbocycles. The molecule has 5 heteroatoms. The van der Waals surface area contributed by atoms with E-state index in [2.05, 4.69) is 25.8 Å². The van der Waals surface area contributed by atoms with Gasteiger partial charge in [-0.2, -0.15) is 0 Å². The maximum absolute atomic E-state index is 10.6. The molecule has 1 aromatic carbocycles. The third kappa shape index (κ3) is 2.85.